The summed E-state index contributed by atoms with van der Waals surface area (Å²) in [5.41, 5.74) is 1.35. The number of furan rings is 1. The molecule has 126 valence electrons. The highest BCUT2D eigenvalue weighted by atomic mass is 32.1. The van der Waals surface area contributed by atoms with Gasteiger partial charge < -0.3 is 9.73 Å². The number of aryl methyl sites for hydroxylation is 2. The molecule has 0 bridgehead atoms. The molecule has 0 spiro atoms. The van der Waals surface area contributed by atoms with Crippen LogP contribution in [-0.2, 0) is 25.9 Å². The van der Waals surface area contributed by atoms with E-state index in [1.807, 2.05) is 12.1 Å². The maximum Gasteiger partial charge on any atom is 0.263 e. The van der Waals surface area contributed by atoms with Gasteiger partial charge in [-0.05, 0) is 49.8 Å². The number of rotatable bonds is 5. The third-order valence-electron chi connectivity index (χ3n) is 4.52. The van der Waals surface area contributed by atoms with Crippen LogP contribution in [0.3, 0.4) is 0 Å². The van der Waals surface area contributed by atoms with Crippen molar-refractivity contribution in [2.24, 2.45) is 0 Å². The minimum Gasteiger partial charge on any atom is -0.467 e. The molecular formula is C18H21N3O2S. The maximum absolute atomic E-state index is 13.1. The molecule has 0 aliphatic heterocycles. The van der Waals surface area contributed by atoms with E-state index in [9.17, 15) is 4.79 Å². The van der Waals surface area contributed by atoms with Gasteiger partial charge in [0.25, 0.3) is 5.56 Å². The molecule has 0 aromatic carbocycles. The first kappa shape index (κ1) is 15.4. The van der Waals surface area contributed by atoms with E-state index in [0.717, 1.165) is 35.2 Å². The van der Waals surface area contributed by atoms with Crippen LogP contribution in [0.25, 0.3) is 10.2 Å². The zero-order valence-electron chi connectivity index (χ0n) is 13.8. The smallest absolute Gasteiger partial charge is 0.263 e. The molecule has 0 unspecified atom stereocenters. The molecule has 0 saturated carbocycles. The molecule has 0 atom stereocenters. The average molecular weight is 343 g/mol. The van der Waals surface area contributed by atoms with Crippen LogP contribution in [0.5, 0.6) is 0 Å². The first-order chi connectivity index (χ1) is 11.8. The SMILES string of the molecule is CCCn1c(NCc2ccco2)nc2sc3c(c2c1=O)CCCC3. The highest BCUT2D eigenvalue weighted by Crippen LogP contribution is 2.34. The average Bonchev–Trinajstić information content (AvgIpc) is 3.22. The molecular weight excluding hydrogens is 322 g/mol. The van der Waals surface area contributed by atoms with Crippen molar-refractivity contribution in [1.82, 2.24) is 9.55 Å². The van der Waals surface area contributed by atoms with Crippen LogP contribution in [-0.4, -0.2) is 9.55 Å². The second-order valence-corrected chi connectivity index (χ2v) is 7.30. The Balaban J connectivity index is 1.80. The first-order valence-electron chi connectivity index (χ1n) is 8.59. The summed E-state index contributed by atoms with van der Waals surface area (Å²) in [6.07, 6.45) is 7.03. The van der Waals surface area contributed by atoms with Crippen LogP contribution in [0.4, 0.5) is 5.95 Å². The van der Waals surface area contributed by atoms with Crippen molar-refractivity contribution in [1.29, 1.82) is 0 Å². The van der Waals surface area contributed by atoms with Gasteiger partial charge in [-0.15, -0.1) is 11.3 Å². The van der Waals surface area contributed by atoms with Crippen LogP contribution in [0.1, 0.15) is 42.4 Å². The van der Waals surface area contributed by atoms with Crippen LogP contribution >= 0.6 is 11.3 Å². The molecule has 3 aromatic rings. The summed E-state index contributed by atoms with van der Waals surface area (Å²) in [6, 6.07) is 3.78. The van der Waals surface area contributed by atoms with Crippen molar-refractivity contribution in [2.45, 2.75) is 52.1 Å². The Kier molecular flexibility index (Phi) is 4.14. The van der Waals surface area contributed by atoms with Gasteiger partial charge in [-0.25, -0.2) is 4.98 Å². The molecule has 3 heterocycles. The number of fused-ring (bicyclic) bond motifs is 3. The van der Waals surface area contributed by atoms with Crippen molar-refractivity contribution >= 4 is 27.5 Å². The Hall–Kier alpha value is -2.08. The number of nitrogens with one attached hydrogen (secondary N) is 1. The van der Waals surface area contributed by atoms with Gasteiger partial charge in [-0.2, -0.15) is 0 Å². The van der Waals surface area contributed by atoms with Gasteiger partial charge in [0.15, 0.2) is 0 Å². The second-order valence-electron chi connectivity index (χ2n) is 6.22. The number of thiophene rings is 1. The van der Waals surface area contributed by atoms with Crippen molar-refractivity contribution in [3.8, 4) is 0 Å². The molecule has 0 amide bonds. The Morgan fingerprint density at radius 1 is 1.38 bits per heavy atom. The monoisotopic (exact) mass is 343 g/mol. The fourth-order valence-corrected chi connectivity index (χ4v) is 4.64. The molecule has 5 nitrogen and oxygen atoms in total. The van der Waals surface area contributed by atoms with E-state index in [-0.39, 0.29) is 5.56 Å². The highest BCUT2D eigenvalue weighted by Gasteiger charge is 2.21. The summed E-state index contributed by atoms with van der Waals surface area (Å²) in [7, 11) is 0. The third-order valence-corrected chi connectivity index (χ3v) is 5.71. The van der Waals surface area contributed by atoms with Gasteiger partial charge in [0, 0.05) is 11.4 Å². The number of aromatic nitrogens is 2. The van der Waals surface area contributed by atoms with E-state index in [0.29, 0.717) is 19.0 Å². The summed E-state index contributed by atoms with van der Waals surface area (Å²) in [5, 5.41) is 4.13. The summed E-state index contributed by atoms with van der Waals surface area (Å²) < 4.78 is 7.15. The van der Waals surface area contributed by atoms with Gasteiger partial charge in [0.1, 0.15) is 10.6 Å². The van der Waals surface area contributed by atoms with E-state index < -0.39 is 0 Å². The van der Waals surface area contributed by atoms with Gasteiger partial charge in [0.2, 0.25) is 5.95 Å². The van der Waals surface area contributed by atoms with E-state index in [1.54, 1.807) is 22.2 Å². The summed E-state index contributed by atoms with van der Waals surface area (Å²) in [6.45, 7) is 3.28. The van der Waals surface area contributed by atoms with Crippen LogP contribution in [0.15, 0.2) is 27.6 Å². The topological polar surface area (TPSA) is 60.1 Å². The quantitative estimate of drug-likeness (QED) is 0.762. The second kappa shape index (κ2) is 6.43. The van der Waals surface area contributed by atoms with Gasteiger partial charge in [0.05, 0.1) is 18.2 Å². The molecule has 24 heavy (non-hydrogen) atoms. The summed E-state index contributed by atoms with van der Waals surface area (Å²) in [4.78, 5) is 20.1. The van der Waals surface area contributed by atoms with Gasteiger partial charge in [-0.1, -0.05) is 6.92 Å². The van der Waals surface area contributed by atoms with Crippen LogP contribution in [0.2, 0.25) is 0 Å². The Labute approximate surface area is 144 Å². The standard InChI is InChI=1S/C18H21N3O2S/c1-2-9-21-17(22)15-13-7-3-4-8-14(13)24-16(15)20-18(21)19-11-12-6-5-10-23-12/h5-6,10H,2-4,7-9,11H2,1H3,(H,19,20). The zero-order valence-corrected chi connectivity index (χ0v) is 14.6. The first-order valence-corrected chi connectivity index (χ1v) is 9.41. The lowest BCUT2D eigenvalue weighted by Gasteiger charge is -2.13. The summed E-state index contributed by atoms with van der Waals surface area (Å²) >= 11 is 1.69. The Morgan fingerprint density at radius 3 is 3.04 bits per heavy atom. The fraction of sp³-hybridized carbons (Fsp3) is 0.444. The van der Waals surface area contributed by atoms with E-state index in [4.69, 9.17) is 9.40 Å². The fourth-order valence-electron chi connectivity index (χ4n) is 3.38. The molecule has 6 heteroatoms. The molecule has 0 fully saturated rings. The molecule has 0 saturated heterocycles. The lowest BCUT2D eigenvalue weighted by Crippen LogP contribution is -2.25. The predicted molar refractivity (Wildman–Crippen MR) is 96.8 cm³/mol. The van der Waals surface area contributed by atoms with Crippen molar-refractivity contribution < 1.29 is 4.42 Å². The van der Waals surface area contributed by atoms with Crippen molar-refractivity contribution in [3.05, 3.63) is 45.0 Å². The van der Waals surface area contributed by atoms with E-state index >= 15 is 0 Å². The normalized spacial score (nSPS) is 14.0. The lowest BCUT2D eigenvalue weighted by molar-refractivity contribution is 0.516. The van der Waals surface area contributed by atoms with Crippen LogP contribution in [0, 0.1) is 0 Å². The van der Waals surface area contributed by atoms with E-state index in [2.05, 4.69) is 12.2 Å². The third kappa shape index (κ3) is 2.65. The Morgan fingerprint density at radius 2 is 2.25 bits per heavy atom. The van der Waals surface area contributed by atoms with Crippen molar-refractivity contribution in [3.63, 3.8) is 0 Å². The number of nitrogens with zero attached hydrogens (tertiary/aromatic N) is 2. The lowest BCUT2D eigenvalue weighted by atomic mass is 9.97. The largest absolute Gasteiger partial charge is 0.467 e. The number of hydrogen-bond acceptors (Lipinski definition) is 5. The highest BCUT2D eigenvalue weighted by molar-refractivity contribution is 7.18. The van der Waals surface area contributed by atoms with Crippen molar-refractivity contribution in [2.75, 3.05) is 5.32 Å². The predicted octanol–water partition coefficient (Wildman–Crippen LogP) is 3.95. The molecule has 0 radical (unpaired) electrons. The zero-order chi connectivity index (χ0) is 16.5. The van der Waals surface area contributed by atoms with Gasteiger partial charge in [-0.3, -0.25) is 9.36 Å². The minimum atomic E-state index is 0.100. The molecule has 3 aromatic heterocycles. The molecule has 1 aliphatic carbocycles. The number of anilines is 1. The van der Waals surface area contributed by atoms with E-state index in [1.165, 1.54) is 23.3 Å². The molecule has 4 rings (SSSR count). The summed E-state index contributed by atoms with van der Waals surface area (Å²) in [5.74, 6) is 1.47. The minimum absolute atomic E-state index is 0.100. The van der Waals surface area contributed by atoms with Crippen LogP contribution < -0.4 is 10.9 Å². The molecule has 1 aliphatic rings. The molecule has 1 N–H and O–H groups in total. The Bertz CT molecular complexity index is 909. The van der Waals surface area contributed by atoms with Gasteiger partial charge >= 0.3 is 0 Å². The maximum atomic E-state index is 13.1. The number of hydrogen-bond donors (Lipinski definition) is 1.